The van der Waals surface area contributed by atoms with E-state index in [0.29, 0.717) is 17.8 Å². The van der Waals surface area contributed by atoms with E-state index >= 15 is 0 Å². The van der Waals surface area contributed by atoms with Crippen LogP contribution in [0, 0.1) is 13.8 Å². The molecule has 152 valence electrons. The van der Waals surface area contributed by atoms with Gasteiger partial charge in [0.1, 0.15) is 5.82 Å². The highest BCUT2D eigenvalue weighted by molar-refractivity contribution is 7.92. The molecule has 7 nitrogen and oxygen atoms in total. The Morgan fingerprint density at radius 2 is 1.72 bits per heavy atom. The van der Waals surface area contributed by atoms with Gasteiger partial charge in [0.2, 0.25) is 0 Å². The molecular weight excluding hydrogens is 388 g/mol. The molecule has 0 saturated carbocycles. The normalized spacial score (nSPS) is 11.2. The van der Waals surface area contributed by atoms with Crippen LogP contribution in [0.15, 0.2) is 65.8 Å². The van der Waals surface area contributed by atoms with Crippen molar-refractivity contribution in [1.82, 2.24) is 14.9 Å². The molecule has 0 spiro atoms. The van der Waals surface area contributed by atoms with Gasteiger partial charge in [-0.25, -0.2) is 13.4 Å². The van der Waals surface area contributed by atoms with Crippen molar-refractivity contribution in [3.63, 3.8) is 0 Å². The van der Waals surface area contributed by atoms with E-state index in [9.17, 15) is 13.2 Å². The monoisotopic (exact) mass is 412 g/mol. The first-order chi connectivity index (χ1) is 13.8. The summed E-state index contributed by atoms with van der Waals surface area (Å²) in [4.78, 5) is 16.5. The number of carbonyl (C=O) groups excluding carboxylic acids is 1. The topological polar surface area (TPSA) is 93.1 Å². The third-order valence-electron chi connectivity index (χ3n) is 4.52. The molecule has 29 heavy (non-hydrogen) atoms. The van der Waals surface area contributed by atoms with Gasteiger partial charge in [-0.2, -0.15) is 0 Å². The Bertz CT molecular complexity index is 1070. The number of rotatable bonds is 8. The molecule has 0 fully saturated rings. The largest absolute Gasteiger partial charge is 0.352 e. The lowest BCUT2D eigenvalue weighted by atomic mass is 10.2. The maximum atomic E-state index is 12.5. The number of nitrogens with one attached hydrogen (secondary N) is 2. The van der Waals surface area contributed by atoms with E-state index in [1.807, 2.05) is 36.7 Å². The van der Waals surface area contributed by atoms with Gasteiger partial charge >= 0.3 is 0 Å². The van der Waals surface area contributed by atoms with Crippen LogP contribution in [-0.2, 0) is 16.6 Å². The Morgan fingerprint density at radius 3 is 2.34 bits per heavy atom. The van der Waals surface area contributed by atoms with Gasteiger partial charge in [-0.3, -0.25) is 9.52 Å². The lowest BCUT2D eigenvalue weighted by Crippen LogP contribution is -2.25. The first-order valence-electron chi connectivity index (χ1n) is 9.31. The number of aromatic nitrogens is 2. The van der Waals surface area contributed by atoms with Crippen molar-refractivity contribution in [2.75, 3.05) is 11.3 Å². The lowest BCUT2D eigenvalue weighted by molar-refractivity contribution is 0.0952. The van der Waals surface area contributed by atoms with E-state index in [4.69, 9.17) is 0 Å². The number of carbonyl (C=O) groups is 1. The minimum Gasteiger partial charge on any atom is -0.352 e. The molecular formula is C21H24N4O3S. The van der Waals surface area contributed by atoms with Crippen LogP contribution in [0.5, 0.6) is 0 Å². The molecule has 3 aromatic rings. The maximum absolute atomic E-state index is 12.5. The van der Waals surface area contributed by atoms with Crippen molar-refractivity contribution < 1.29 is 13.2 Å². The van der Waals surface area contributed by atoms with E-state index in [1.165, 1.54) is 24.3 Å². The highest BCUT2D eigenvalue weighted by Crippen LogP contribution is 2.17. The summed E-state index contributed by atoms with van der Waals surface area (Å²) in [5.74, 6) is 0.704. The van der Waals surface area contributed by atoms with Gasteiger partial charge in [-0.05, 0) is 56.7 Å². The highest BCUT2D eigenvalue weighted by Gasteiger charge is 2.15. The quantitative estimate of drug-likeness (QED) is 0.556. The molecule has 0 aliphatic carbocycles. The van der Waals surface area contributed by atoms with Crippen LogP contribution in [0.1, 0.15) is 28.2 Å². The molecule has 0 bridgehead atoms. The first-order valence-corrected chi connectivity index (χ1v) is 10.8. The molecule has 1 aromatic heterocycles. The van der Waals surface area contributed by atoms with E-state index in [0.717, 1.165) is 24.4 Å². The van der Waals surface area contributed by atoms with Crippen molar-refractivity contribution in [1.29, 1.82) is 0 Å². The predicted molar refractivity (Wildman–Crippen MR) is 112 cm³/mol. The maximum Gasteiger partial charge on any atom is 0.261 e. The minimum absolute atomic E-state index is 0.102. The van der Waals surface area contributed by atoms with Crippen molar-refractivity contribution >= 4 is 21.6 Å². The zero-order valence-electron chi connectivity index (χ0n) is 16.4. The number of benzene rings is 2. The van der Waals surface area contributed by atoms with E-state index < -0.39 is 10.0 Å². The van der Waals surface area contributed by atoms with Crippen LogP contribution in [-0.4, -0.2) is 30.4 Å². The Labute approximate surface area is 170 Å². The number of hydrogen-bond donors (Lipinski definition) is 2. The third-order valence-corrected chi connectivity index (χ3v) is 5.91. The van der Waals surface area contributed by atoms with Crippen molar-refractivity contribution in [2.45, 2.75) is 31.7 Å². The minimum atomic E-state index is -3.71. The number of hydrogen-bond acceptors (Lipinski definition) is 4. The Kier molecular flexibility index (Phi) is 6.33. The number of imidazole rings is 1. The third kappa shape index (κ3) is 5.45. The van der Waals surface area contributed by atoms with E-state index in [2.05, 4.69) is 15.0 Å². The highest BCUT2D eigenvalue weighted by atomic mass is 32.2. The second kappa shape index (κ2) is 8.91. The number of amides is 1. The summed E-state index contributed by atoms with van der Waals surface area (Å²) in [5.41, 5.74) is 1.95. The van der Waals surface area contributed by atoms with Crippen LogP contribution in [0.2, 0.25) is 0 Å². The number of anilines is 1. The van der Waals surface area contributed by atoms with Gasteiger partial charge in [-0.1, -0.05) is 17.7 Å². The summed E-state index contributed by atoms with van der Waals surface area (Å²) in [6, 6.07) is 13.0. The van der Waals surface area contributed by atoms with Gasteiger partial charge in [0.25, 0.3) is 15.9 Å². The lowest BCUT2D eigenvalue weighted by Gasteiger charge is -2.10. The average Bonchev–Trinajstić information content (AvgIpc) is 3.11. The molecule has 1 amide bonds. The fourth-order valence-electron chi connectivity index (χ4n) is 2.81. The fraction of sp³-hybridized carbons (Fsp3) is 0.238. The number of nitrogens with zero attached hydrogens (tertiary/aromatic N) is 2. The molecule has 3 rings (SSSR count). The SMILES string of the molecule is Cc1ccc(NS(=O)(=O)c2ccc(C(=O)NCCCn3ccnc3C)cc2)cc1. The van der Waals surface area contributed by atoms with Gasteiger partial charge < -0.3 is 9.88 Å². The predicted octanol–water partition coefficient (Wildman–Crippen LogP) is 3.12. The number of aryl methyl sites for hydroxylation is 3. The van der Waals surface area contributed by atoms with Gasteiger partial charge in [-0.15, -0.1) is 0 Å². The molecule has 0 radical (unpaired) electrons. The van der Waals surface area contributed by atoms with Crippen LogP contribution < -0.4 is 10.0 Å². The molecule has 0 atom stereocenters. The molecule has 0 aliphatic rings. The summed E-state index contributed by atoms with van der Waals surface area (Å²) < 4.78 is 29.6. The summed E-state index contributed by atoms with van der Waals surface area (Å²) in [6.07, 6.45) is 4.42. The molecule has 8 heteroatoms. The van der Waals surface area contributed by atoms with Gasteiger partial charge in [0, 0.05) is 36.7 Å². The molecule has 0 aliphatic heterocycles. The molecule has 2 N–H and O–H groups in total. The second-order valence-corrected chi connectivity index (χ2v) is 8.46. The van der Waals surface area contributed by atoms with Crippen LogP contribution in [0.3, 0.4) is 0 Å². The molecule has 1 heterocycles. The van der Waals surface area contributed by atoms with E-state index in [1.54, 1.807) is 18.3 Å². The Hall–Kier alpha value is -3.13. The molecule has 2 aromatic carbocycles. The smallest absolute Gasteiger partial charge is 0.261 e. The van der Waals surface area contributed by atoms with Crippen LogP contribution in [0.25, 0.3) is 0 Å². The van der Waals surface area contributed by atoms with E-state index in [-0.39, 0.29) is 10.8 Å². The van der Waals surface area contributed by atoms with Crippen molar-refractivity contribution in [2.24, 2.45) is 0 Å². The second-order valence-electron chi connectivity index (χ2n) is 6.77. The summed E-state index contributed by atoms with van der Waals surface area (Å²) >= 11 is 0. The van der Waals surface area contributed by atoms with Gasteiger partial charge in [0.05, 0.1) is 4.90 Å². The molecule has 0 saturated heterocycles. The van der Waals surface area contributed by atoms with Crippen molar-refractivity contribution in [3.05, 3.63) is 77.9 Å². The Morgan fingerprint density at radius 1 is 1.03 bits per heavy atom. The molecule has 0 unspecified atom stereocenters. The zero-order chi connectivity index (χ0) is 20.9. The summed E-state index contributed by atoms with van der Waals surface area (Å²) in [6.45, 7) is 5.15. The van der Waals surface area contributed by atoms with Crippen molar-refractivity contribution in [3.8, 4) is 0 Å². The fourth-order valence-corrected chi connectivity index (χ4v) is 3.87. The first kappa shape index (κ1) is 20.6. The summed E-state index contributed by atoms with van der Waals surface area (Å²) in [7, 11) is -3.71. The van der Waals surface area contributed by atoms with Crippen LogP contribution in [0.4, 0.5) is 5.69 Å². The van der Waals surface area contributed by atoms with Crippen LogP contribution >= 0.6 is 0 Å². The zero-order valence-corrected chi connectivity index (χ0v) is 17.2. The summed E-state index contributed by atoms with van der Waals surface area (Å²) in [5, 5.41) is 2.85. The Balaban J connectivity index is 1.55. The van der Waals surface area contributed by atoms with Gasteiger partial charge in [0.15, 0.2) is 0 Å². The average molecular weight is 413 g/mol. The standard InChI is InChI=1S/C21H24N4O3S/c1-16-4-8-19(9-5-16)24-29(27,28)20-10-6-18(7-11-20)21(26)23-12-3-14-25-15-13-22-17(25)2/h4-11,13,15,24H,3,12,14H2,1-2H3,(H,23,26). The number of sulfonamides is 1.